The number of carboxylic acid groups (broad SMARTS) is 1. The highest BCUT2D eigenvalue weighted by Gasteiger charge is 1.65. The lowest BCUT2D eigenvalue weighted by Gasteiger charge is -1.61. The maximum absolute atomic E-state index is 8.78. The van der Waals surface area contributed by atoms with E-state index in [4.69, 9.17) is 9.90 Å². The first kappa shape index (κ1) is 8.87. The van der Waals surface area contributed by atoms with Crippen molar-refractivity contribution in [3.05, 3.63) is 0 Å². The molecule has 0 saturated heterocycles. The zero-order valence-corrected chi connectivity index (χ0v) is 2.43. The van der Waals surface area contributed by atoms with Crippen LogP contribution < -0.4 is 5.73 Å². The van der Waals surface area contributed by atoms with Crippen LogP contribution in [0, 0.1) is 0 Å². The lowest BCUT2D eigenvalue weighted by molar-refractivity contribution is 0.205. The molecule has 0 spiro atoms. The third kappa shape index (κ3) is 8.24. The summed E-state index contributed by atoms with van der Waals surface area (Å²) in [5.74, 6) is 0. The summed E-state index contributed by atoms with van der Waals surface area (Å²) in [7, 11) is 0. The zero-order chi connectivity index (χ0) is 3.58. The molecule has 0 aromatic heterocycles. The quantitative estimate of drug-likeness (QED) is 0.381. The van der Waals surface area contributed by atoms with Gasteiger partial charge in [-0.15, -0.1) is 0 Å². The Morgan fingerprint density at radius 1 is 1.80 bits per heavy atom. The van der Waals surface area contributed by atoms with E-state index in [0.29, 0.717) is 0 Å². The van der Waals surface area contributed by atoms with Crippen molar-refractivity contribution in [2.45, 2.75) is 0 Å². The topological polar surface area (TPSA) is 94.8 Å². The lowest BCUT2D eigenvalue weighted by atomic mass is 11.3. The summed E-state index contributed by atoms with van der Waals surface area (Å²) in [6.45, 7) is 0. The fourth-order valence-corrected chi connectivity index (χ4v) is 0. The number of carbonyl (C=O) groups is 1. The van der Waals surface area contributed by atoms with E-state index in [1.54, 1.807) is 0 Å². The van der Waals surface area contributed by atoms with Crippen LogP contribution in [0.2, 0.25) is 0 Å². The van der Waals surface area contributed by atoms with Crippen LogP contribution in [0.5, 0.6) is 0 Å². The van der Waals surface area contributed by atoms with Gasteiger partial charge in [0.1, 0.15) is 0 Å². The van der Waals surface area contributed by atoms with Crippen LogP contribution in [0.4, 0.5) is 4.79 Å². The second-order valence-corrected chi connectivity index (χ2v) is 0.338. The molecule has 4 heteroatoms. The molecule has 5 N–H and O–H groups in total. The molecule has 0 unspecified atom stereocenters. The van der Waals surface area contributed by atoms with Crippen LogP contribution in [0.3, 0.4) is 0 Å². The monoisotopic (exact) mass is 79.0 g/mol. The molecule has 0 fully saturated rings. The molecule has 5 heavy (non-hydrogen) atoms. The minimum atomic E-state index is -1.33. The minimum absolute atomic E-state index is 0. The maximum atomic E-state index is 8.78. The summed E-state index contributed by atoms with van der Waals surface area (Å²) >= 11 is 0. The Labute approximate surface area is 28.5 Å². The summed E-state index contributed by atoms with van der Waals surface area (Å²) in [6.07, 6.45) is -1.33. The van der Waals surface area contributed by atoms with Crippen LogP contribution in [-0.4, -0.2) is 16.7 Å². The zero-order valence-electron chi connectivity index (χ0n) is 2.43. The molecular formula is CH5NO3. The Kier molecular flexibility index (Phi) is 5.73. The first-order chi connectivity index (χ1) is 1.73. The average molecular weight is 79.1 g/mol. The van der Waals surface area contributed by atoms with E-state index in [1.807, 2.05) is 0 Å². The highest BCUT2D eigenvalue weighted by molar-refractivity contribution is 5.61. The Morgan fingerprint density at radius 2 is 1.80 bits per heavy atom. The summed E-state index contributed by atoms with van der Waals surface area (Å²) in [4.78, 5) is 8.78. The van der Waals surface area contributed by atoms with Gasteiger partial charge in [-0.25, -0.2) is 4.79 Å². The molecule has 0 heterocycles. The van der Waals surface area contributed by atoms with Gasteiger partial charge in [0.2, 0.25) is 0 Å². The molecule has 0 aliphatic heterocycles. The number of hydrogen-bond acceptors (Lipinski definition) is 1. The third-order valence-corrected chi connectivity index (χ3v) is 0. The van der Waals surface area contributed by atoms with Gasteiger partial charge in [0, 0.05) is 0 Å². The minimum Gasteiger partial charge on any atom is -0.465 e. The van der Waals surface area contributed by atoms with Crippen LogP contribution in [0.1, 0.15) is 0 Å². The second kappa shape index (κ2) is 3.23. The Bertz CT molecular complexity index is 29.9. The van der Waals surface area contributed by atoms with E-state index in [9.17, 15) is 0 Å². The van der Waals surface area contributed by atoms with E-state index < -0.39 is 6.09 Å². The molecule has 0 rings (SSSR count). The van der Waals surface area contributed by atoms with Gasteiger partial charge >= 0.3 is 6.09 Å². The van der Waals surface area contributed by atoms with Gasteiger partial charge < -0.3 is 16.3 Å². The molecular weight excluding hydrogens is 74.0 g/mol. The van der Waals surface area contributed by atoms with E-state index in [0.717, 1.165) is 0 Å². The fourth-order valence-electron chi connectivity index (χ4n) is 0. The maximum Gasteiger partial charge on any atom is 0.402 e. The average Bonchev–Trinajstić information content (AvgIpc) is 0.811. The smallest absolute Gasteiger partial charge is 0.402 e. The fraction of sp³-hybridized carbons (Fsp3) is 0. The highest BCUT2D eigenvalue weighted by Crippen LogP contribution is 1.34. The largest absolute Gasteiger partial charge is 0.465 e. The molecule has 0 aromatic rings. The standard InChI is InChI=1S/CH3NO2.H2O/c2-1(3)4;/h2H2,(H,3,4);1H2. The lowest BCUT2D eigenvalue weighted by Crippen LogP contribution is -2.03. The summed E-state index contributed by atoms with van der Waals surface area (Å²) < 4.78 is 0. The Morgan fingerprint density at radius 3 is 1.80 bits per heavy atom. The van der Waals surface area contributed by atoms with Crippen LogP contribution in [-0.2, 0) is 0 Å². The van der Waals surface area contributed by atoms with Crippen molar-refractivity contribution in [3.63, 3.8) is 0 Å². The predicted molar refractivity (Wildman–Crippen MR) is 15.8 cm³/mol. The van der Waals surface area contributed by atoms with Gasteiger partial charge in [-0.1, -0.05) is 0 Å². The van der Waals surface area contributed by atoms with Gasteiger partial charge in [0.05, 0.1) is 0 Å². The van der Waals surface area contributed by atoms with Gasteiger partial charge in [-0.2, -0.15) is 0 Å². The molecule has 0 atom stereocenters. The first-order valence-electron chi connectivity index (χ1n) is 0.716. The van der Waals surface area contributed by atoms with Gasteiger partial charge in [-0.3, -0.25) is 0 Å². The molecule has 0 aromatic carbocycles. The first-order valence-corrected chi connectivity index (χ1v) is 0.716. The van der Waals surface area contributed by atoms with Crippen molar-refractivity contribution in [2.24, 2.45) is 5.73 Å². The molecule has 32 valence electrons. The molecule has 0 saturated carbocycles. The van der Waals surface area contributed by atoms with Crippen LogP contribution >= 0.6 is 0 Å². The Hall–Kier alpha value is -0.770. The highest BCUT2D eigenvalue weighted by atomic mass is 16.4. The molecule has 0 aliphatic carbocycles. The van der Waals surface area contributed by atoms with Crippen LogP contribution in [0.25, 0.3) is 0 Å². The van der Waals surface area contributed by atoms with Crippen molar-refractivity contribution in [3.8, 4) is 0 Å². The summed E-state index contributed by atoms with van der Waals surface area (Å²) in [5.41, 5.74) is 4.03. The molecule has 4 nitrogen and oxygen atoms in total. The van der Waals surface area contributed by atoms with Crippen molar-refractivity contribution >= 4 is 6.09 Å². The summed E-state index contributed by atoms with van der Waals surface area (Å²) in [5, 5.41) is 7.19. The van der Waals surface area contributed by atoms with E-state index in [-0.39, 0.29) is 5.48 Å². The molecule has 1 amide bonds. The Balaban J connectivity index is 0. The number of rotatable bonds is 0. The van der Waals surface area contributed by atoms with Crippen molar-refractivity contribution in [1.82, 2.24) is 0 Å². The number of primary amides is 1. The van der Waals surface area contributed by atoms with Crippen molar-refractivity contribution in [2.75, 3.05) is 0 Å². The SMILES string of the molecule is NC(=O)O.O. The van der Waals surface area contributed by atoms with Crippen molar-refractivity contribution < 1.29 is 15.4 Å². The van der Waals surface area contributed by atoms with Crippen molar-refractivity contribution in [1.29, 1.82) is 0 Å². The van der Waals surface area contributed by atoms with Gasteiger partial charge in [0.15, 0.2) is 0 Å². The molecule has 0 aliphatic rings. The third-order valence-electron chi connectivity index (χ3n) is 0. The van der Waals surface area contributed by atoms with E-state index in [1.165, 1.54) is 0 Å². The van der Waals surface area contributed by atoms with Crippen LogP contribution in [0.15, 0.2) is 0 Å². The molecule has 0 bridgehead atoms. The number of amides is 1. The summed E-state index contributed by atoms with van der Waals surface area (Å²) in [6, 6.07) is 0. The number of nitrogens with two attached hydrogens (primary N) is 1. The van der Waals surface area contributed by atoms with Gasteiger partial charge in [-0.05, 0) is 0 Å². The van der Waals surface area contributed by atoms with Gasteiger partial charge in [0.25, 0.3) is 0 Å². The predicted octanol–water partition coefficient (Wildman–Crippen LogP) is -1.20. The second-order valence-electron chi connectivity index (χ2n) is 0.338. The van der Waals surface area contributed by atoms with E-state index >= 15 is 0 Å². The van der Waals surface area contributed by atoms with E-state index in [2.05, 4.69) is 5.73 Å². The molecule has 0 radical (unpaired) electrons. The normalized spacial score (nSPS) is 4.80. The number of hydrogen-bond donors (Lipinski definition) is 2.